The number of nitrogens with one attached hydrogen (secondary N) is 2. The molecule has 17 heavy (non-hydrogen) atoms. The summed E-state index contributed by atoms with van der Waals surface area (Å²) in [6.45, 7) is 1.27. The molecule has 1 saturated heterocycles. The van der Waals surface area contributed by atoms with E-state index < -0.39 is 10.0 Å². The predicted molar refractivity (Wildman–Crippen MR) is 66.8 cm³/mol. The molecule has 1 aromatic rings. The third-order valence-electron chi connectivity index (χ3n) is 2.78. The molecule has 6 heteroatoms. The van der Waals surface area contributed by atoms with Gasteiger partial charge in [0.15, 0.2) is 0 Å². The summed E-state index contributed by atoms with van der Waals surface area (Å²) in [6.07, 6.45) is 0.652. The van der Waals surface area contributed by atoms with Gasteiger partial charge >= 0.3 is 0 Å². The Morgan fingerprint density at radius 3 is 2.94 bits per heavy atom. The second-order valence-corrected chi connectivity index (χ2v) is 5.95. The molecule has 1 unspecified atom stereocenters. The normalized spacial score (nSPS) is 20.2. The molecule has 5 nitrogen and oxygen atoms in total. The van der Waals surface area contributed by atoms with Crippen LogP contribution in [0.5, 0.6) is 5.75 Å². The summed E-state index contributed by atoms with van der Waals surface area (Å²) in [4.78, 5) is 0. The van der Waals surface area contributed by atoms with Gasteiger partial charge in [0.05, 0.1) is 18.0 Å². The van der Waals surface area contributed by atoms with E-state index in [0.717, 1.165) is 6.54 Å². The number of sulfonamides is 1. The molecule has 1 aliphatic heterocycles. The summed E-state index contributed by atoms with van der Waals surface area (Å²) in [6, 6.07) is 6.90. The topological polar surface area (TPSA) is 67.4 Å². The molecule has 1 fully saturated rings. The number of anilines is 1. The van der Waals surface area contributed by atoms with Gasteiger partial charge in [-0.25, -0.2) is 8.42 Å². The van der Waals surface area contributed by atoms with Crippen LogP contribution in [-0.2, 0) is 10.0 Å². The maximum Gasteiger partial charge on any atom is 0.236 e. The number of hydrogen-bond donors (Lipinski definition) is 2. The monoisotopic (exact) mass is 256 g/mol. The van der Waals surface area contributed by atoms with Gasteiger partial charge in [0.1, 0.15) is 5.75 Å². The van der Waals surface area contributed by atoms with E-state index in [-0.39, 0.29) is 5.25 Å². The van der Waals surface area contributed by atoms with Crippen molar-refractivity contribution >= 4 is 15.7 Å². The number of ether oxygens (including phenoxy) is 1. The molecule has 0 aliphatic carbocycles. The van der Waals surface area contributed by atoms with E-state index in [4.69, 9.17) is 4.74 Å². The van der Waals surface area contributed by atoms with Crippen molar-refractivity contribution in [2.45, 2.75) is 11.7 Å². The van der Waals surface area contributed by atoms with Gasteiger partial charge in [-0.05, 0) is 25.1 Å². The zero-order valence-electron chi connectivity index (χ0n) is 9.64. The minimum Gasteiger partial charge on any atom is -0.497 e. The van der Waals surface area contributed by atoms with Crippen molar-refractivity contribution in [2.24, 2.45) is 0 Å². The Kier molecular flexibility index (Phi) is 3.54. The van der Waals surface area contributed by atoms with Crippen LogP contribution in [0.4, 0.5) is 5.69 Å². The fraction of sp³-hybridized carbons (Fsp3) is 0.455. The van der Waals surface area contributed by atoms with Crippen LogP contribution in [0.15, 0.2) is 24.3 Å². The summed E-state index contributed by atoms with van der Waals surface area (Å²) >= 11 is 0. The zero-order valence-corrected chi connectivity index (χ0v) is 10.5. The van der Waals surface area contributed by atoms with Gasteiger partial charge in [-0.15, -0.1) is 0 Å². The van der Waals surface area contributed by atoms with Crippen LogP contribution in [0, 0.1) is 0 Å². The predicted octanol–water partition coefficient (Wildman–Crippen LogP) is 0.799. The number of rotatable bonds is 4. The molecular weight excluding hydrogens is 240 g/mol. The Balaban J connectivity index is 2.13. The molecule has 0 saturated carbocycles. The van der Waals surface area contributed by atoms with E-state index in [0.29, 0.717) is 24.4 Å². The minimum absolute atomic E-state index is 0.353. The van der Waals surface area contributed by atoms with Crippen LogP contribution in [0.1, 0.15) is 6.42 Å². The van der Waals surface area contributed by atoms with Crippen LogP contribution in [0.25, 0.3) is 0 Å². The fourth-order valence-electron chi connectivity index (χ4n) is 1.83. The third-order valence-corrected chi connectivity index (χ3v) is 4.58. The van der Waals surface area contributed by atoms with E-state index in [9.17, 15) is 8.42 Å². The Bertz CT molecular complexity index is 481. The Hall–Kier alpha value is -1.27. The van der Waals surface area contributed by atoms with E-state index in [1.807, 2.05) is 0 Å². The van der Waals surface area contributed by atoms with Crippen molar-refractivity contribution in [3.63, 3.8) is 0 Å². The lowest BCUT2D eigenvalue weighted by Gasteiger charge is -2.13. The van der Waals surface area contributed by atoms with E-state index >= 15 is 0 Å². The molecule has 2 N–H and O–H groups in total. The maximum atomic E-state index is 12.0. The Labute approximate surface area is 101 Å². The zero-order chi connectivity index (χ0) is 12.3. The molecule has 0 aromatic heterocycles. The standard InChI is InChI=1S/C11H16N2O3S/c1-16-10-4-2-3-9(7-10)13-17(14,15)11-5-6-12-8-11/h2-4,7,11-13H,5-6,8H2,1H3. The molecule has 0 bridgehead atoms. The lowest BCUT2D eigenvalue weighted by Crippen LogP contribution is -2.29. The highest BCUT2D eigenvalue weighted by Gasteiger charge is 2.28. The first-order valence-electron chi connectivity index (χ1n) is 5.48. The summed E-state index contributed by atoms with van der Waals surface area (Å²) in [5, 5.41) is 2.69. The lowest BCUT2D eigenvalue weighted by molar-refractivity contribution is 0.415. The smallest absolute Gasteiger partial charge is 0.236 e. The maximum absolute atomic E-state index is 12.0. The van der Waals surface area contributed by atoms with Crippen LogP contribution in [-0.4, -0.2) is 33.9 Å². The van der Waals surface area contributed by atoms with Crippen molar-refractivity contribution in [2.75, 3.05) is 24.9 Å². The van der Waals surface area contributed by atoms with Crippen LogP contribution in [0.2, 0.25) is 0 Å². The van der Waals surface area contributed by atoms with E-state index in [1.54, 1.807) is 31.4 Å². The average Bonchev–Trinajstić information content (AvgIpc) is 2.83. The highest BCUT2D eigenvalue weighted by Crippen LogP contribution is 2.20. The average molecular weight is 256 g/mol. The van der Waals surface area contributed by atoms with Gasteiger partial charge in [0.2, 0.25) is 10.0 Å². The van der Waals surface area contributed by atoms with Crippen molar-refractivity contribution < 1.29 is 13.2 Å². The number of hydrogen-bond acceptors (Lipinski definition) is 4. The van der Waals surface area contributed by atoms with Gasteiger partial charge < -0.3 is 10.1 Å². The molecule has 0 radical (unpaired) electrons. The highest BCUT2D eigenvalue weighted by atomic mass is 32.2. The van der Waals surface area contributed by atoms with Gasteiger partial charge in [0, 0.05) is 12.6 Å². The van der Waals surface area contributed by atoms with E-state index in [2.05, 4.69) is 10.0 Å². The van der Waals surface area contributed by atoms with Crippen LogP contribution < -0.4 is 14.8 Å². The molecular formula is C11H16N2O3S. The molecule has 1 aliphatic rings. The molecule has 1 aromatic carbocycles. The molecule has 0 amide bonds. The highest BCUT2D eigenvalue weighted by molar-refractivity contribution is 7.93. The van der Waals surface area contributed by atoms with Crippen molar-refractivity contribution in [3.8, 4) is 5.75 Å². The van der Waals surface area contributed by atoms with Gasteiger partial charge in [-0.1, -0.05) is 6.07 Å². The SMILES string of the molecule is COc1cccc(NS(=O)(=O)C2CCNC2)c1. The molecule has 2 rings (SSSR count). The van der Waals surface area contributed by atoms with Crippen molar-refractivity contribution in [1.29, 1.82) is 0 Å². The first-order valence-corrected chi connectivity index (χ1v) is 7.03. The quantitative estimate of drug-likeness (QED) is 0.836. The molecule has 1 atom stereocenters. The van der Waals surface area contributed by atoms with E-state index in [1.165, 1.54) is 0 Å². The van der Waals surface area contributed by atoms with Gasteiger partial charge in [0.25, 0.3) is 0 Å². The summed E-state index contributed by atoms with van der Waals surface area (Å²) in [5.74, 6) is 0.634. The van der Waals surface area contributed by atoms with Gasteiger partial charge in [-0.2, -0.15) is 0 Å². The number of benzene rings is 1. The van der Waals surface area contributed by atoms with Crippen molar-refractivity contribution in [1.82, 2.24) is 5.32 Å². The molecule has 0 spiro atoms. The van der Waals surface area contributed by atoms with Crippen LogP contribution >= 0.6 is 0 Å². The Morgan fingerprint density at radius 2 is 2.29 bits per heavy atom. The first kappa shape index (κ1) is 12.2. The first-order chi connectivity index (χ1) is 8.12. The minimum atomic E-state index is -3.31. The summed E-state index contributed by atoms with van der Waals surface area (Å²) < 4.78 is 31.7. The summed E-state index contributed by atoms with van der Waals surface area (Å²) in [5.41, 5.74) is 0.538. The summed E-state index contributed by atoms with van der Waals surface area (Å²) in [7, 11) is -1.76. The van der Waals surface area contributed by atoms with Gasteiger partial charge in [-0.3, -0.25) is 4.72 Å². The second kappa shape index (κ2) is 4.93. The molecule has 1 heterocycles. The van der Waals surface area contributed by atoms with Crippen LogP contribution in [0.3, 0.4) is 0 Å². The largest absolute Gasteiger partial charge is 0.497 e. The lowest BCUT2D eigenvalue weighted by atomic mass is 10.3. The van der Waals surface area contributed by atoms with Crippen molar-refractivity contribution in [3.05, 3.63) is 24.3 Å². The third kappa shape index (κ3) is 2.89. The molecule has 94 valence electrons. The Morgan fingerprint density at radius 1 is 1.47 bits per heavy atom. The number of methoxy groups -OCH3 is 1. The fourth-order valence-corrected chi connectivity index (χ4v) is 3.21. The second-order valence-electron chi connectivity index (χ2n) is 3.99.